The summed E-state index contributed by atoms with van der Waals surface area (Å²) in [6.45, 7) is 37.4. The van der Waals surface area contributed by atoms with Gasteiger partial charge in [-0.3, -0.25) is 0 Å². The van der Waals surface area contributed by atoms with Crippen LogP contribution >= 0.6 is 0 Å². The van der Waals surface area contributed by atoms with E-state index in [1.165, 1.54) is 123 Å². The van der Waals surface area contributed by atoms with Crippen molar-refractivity contribution in [3.05, 3.63) is 131 Å². The SMILES string of the molecule is CC(C)c1cc2c(-c3ccc(C(C)(C)C)cc3)cccc2[cH-]1.C[Si](=[Zr+2])CCCCCCOC(C)(C)C.Cc1[cH-]c2cccc(-c3ccc(C(C)(C)C)cc3)c2c1CCCCCCOC(C)(C)C.[Cl-].[Cl-]. The average molecular weight is 1070 g/mol. The summed E-state index contributed by atoms with van der Waals surface area (Å²) in [7, 11) is 0. The maximum absolute atomic E-state index is 5.85. The van der Waals surface area contributed by atoms with E-state index in [9.17, 15) is 0 Å². The molecule has 378 valence electrons. The molecule has 2 nitrogen and oxygen atoms in total. The van der Waals surface area contributed by atoms with Crippen LogP contribution in [0.25, 0.3) is 43.8 Å². The Hall–Kier alpha value is -2.30. The minimum Gasteiger partial charge on any atom is -1.00 e. The van der Waals surface area contributed by atoms with Gasteiger partial charge in [-0.25, -0.2) is 0 Å². The topological polar surface area (TPSA) is 18.5 Å². The van der Waals surface area contributed by atoms with Crippen LogP contribution in [0, 0.1) is 6.92 Å². The Balaban J connectivity index is 0.000000377. The predicted molar refractivity (Wildman–Crippen MR) is 295 cm³/mol. The van der Waals surface area contributed by atoms with Gasteiger partial charge in [0.25, 0.3) is 0 Å². The van der Waals surface area contributed by atoms with Gasteiger partial charge in [-0.05, 0) is 66.2 Å². The minimum atomic E-state index is -0.0210. The van der Waals surface area contributed by atoms with Crippen molar-refractivity contribution < 1.29 is 57.6 Å². The van der Waals surface area contributed by atoms with Gasteiger partial charge < -0.3 is 29.6 Å². The molecule has 6 aromatic carbocycles. The summed E-state index contributed by atoms with van der Waals surface area (Å²) >= 11 is 1.79. The second-order valence-corrected chi connectivity index (χ2v) is 31.9. The van der Waals surface area contributed by atoms with Crippen LogP contribution in [0.15, 0.2) is 103 Å². The van der Waals surface area contributed by atoms with E-state index >= 15 is 0 Å². The molecule has 0 N–H and O–H groups in total. The molecule has 6 heteroatoms. The van der Waals surface area contributed by atoms with Gasteiger partial charge in [0.15, 0.2) is 0 Å². The van der Waals surface area contributed by atoms with Crippen LogP contribution in [0.1, 0.15) is 182 Å². The van der Waals surface area contributed by atoms with Gasteiger partial charge in [-0.1, -0.05) is 160 Å². The number of hydrogen-bond acceptors (Lipinski definition) is 2. The summed E-state index contributed by atoms with van der Waals surface area (Å²) < 4.78 is 11.5. The van der Waals surface area contributed by atoms with Crippen molar-refractivity contribution in [2.75, 3.05) is 13.2 Å². The molecule has 0 fully saturated rings. The fourth-order valence-corrected chi connectivity index (χ4v) is 10.7. The van der Waals surface area contributed by atoms with Gasteiger partial charge in [0.1, 0.15) is 0 Å². The van der Waals surface area contributed by atoms with Gasteiger partial charge in [0, 0.05) is 6.61 Å². The maximum Gasteiger partial charge on any atom is 0.0598 e. The van der Waals surface area contributed by atoms with Crippen LogP contribution in [0.4, 0.5) is 0 Å². The molecule has 69 heavy (non-hydrogen) atoms. The Morgan fingerprint density at radius 2 is 1.00 bits per heavy atom. The number of rotatable bonds is 17. The van der Waals surface area contributed by atoms with E-state index in [4.69, 9.17) is 9.47 Å². The number of fused-ring (bicyclic) bond motifs is 2. The molecule has 0 heterocycles. The first-order valence-electron chi connectivity index (χ1n) is 25.7. The Morgan fingerprint density at radius 1 is 0.551 bits per heavy atom. The summed E-state index contributed by atoms with van der Waals surface area (Å²) in [5.74, 6) is 0.573. The van der Waals surface area contributed by atoms with Crippen LogP contribution in [-0.4, -0.2) is 29.8 Å². The molecule has 0 saturated carbocycles. The summed E-state index contributed by atoms with van der Waals surface area (Å²) in [5.41, 5.74) is 13.0. The molecule has 0 saturated heterocycles. The molecule has 0 amide bonds. The van der Waals surface area contributed by atoms with Crippen molar-refractivity contribution in [1.82, 2.24) is 0 Å². The van der Waals surface area contributed by atoms with Crippen LogP contribution < -0.4 is 24.8 Å². The van der Waals surface area contributed by atoms with E-state index in [-0.39, 0.29) is 52.3 Å². The second kappa shape index (κ2) is 28.8. The molecular formula is C63H90Cl2O2SiZr-2. The largest absolute Gasteiger partial charge is 1.00 e. The fraction of sp³-hybridized carbons (Fsp3) is 0.524. The fourth-order valence-electron chi connectivity index (χ4n) is 8.61. The third-order valence-corrected chi connectivity index (χ3v) is 15.6. The van der Waals surface area contributed by atoms with Crippen molar-refractivity contribution >= 4 is 27.0 Å². The zero-order valence-electron chi connectivity index (χ0n) is 46.0. The Kier molecular flexibility index (Phi) is 26.2. The molecule has 6 rings (SSSR count). The maximum atomic E-state index is 5.85. The molecule has 0 aromatic heterocycles. The van der Waals surface area contributed by atoms with Crippen LogP contribution in [0.2, 0.25) is 12.6 Å². The van der Waals surface area contributed by atoms with Crippen molar-refractivity contribution in [2.45, 2.75) is 202 Å². The number of unbranched alkanes of at least 4 members (excludes halogenated alkanes) is 6. The predicted octanol–water partition coefficient (Wildman–Crippen LogP) is 12.9. The molecule has 0 aliphatic heterocycles. The summed E-state index contributed by atoms with van der Waals surface area (Å²) in [6.07, 6.45) is 11.5. The minimum absolute atomic E-state index is 0. The Bertz CT molecular complexity index is 2410. The van der Waals surface area contributed by atoms with E-state index in [0.29, 0.717) is 5.92 Å². The van der Waals surface area contributed by atoms with E-state index in [2.05, 4.69) is 214 Å². The molecule has 0 unspecified atom stereocenters. The first kappa shape index (κ1) is 62.8. The molecule has 0 radical (unpaired) electrons. The first-order chi connectivity index (χ1) is 31.3. The van der Waals surface area contributed by atoms with Crippen LogP contribution in [-0.2, 0) is 50.1 Å². The van der Waals surface area contributed by atoms with E-state index < -0.39 is 0 Å². The number of benzene rings is 4. The molecule has 0 bridgehead atoms. The van der Waals surface area contributed by atoms with Crippen molar-refractivity contribution in [2.24, 2.45) is 0 Å². The zero-order valence-corrected chi connectivity index (χ0v) is 50.9. The Morgan fingerprint density at radius 3 is 1.46 bits per heavy atom. The summed E-state index contributed by atoms with van der Waals surface area (Å²) in [6, 6.07) is 40.2. The van der Waals surface area contributed by atoms with E-state index in [0.717, 1.165) is 26.1 Å². The quantitative estimate of drug-likeness (QED) is 0.0515. The van der Waals surface area contributed by atoms with Crippen LogP contribution in [0.3, 0.4) is 0 Å². The molecule has 0 aliphatic rings. The molecule has 0 spiro atoms. The van der Waals surface area contributed by atoms with Crippen molar-refractivity contribution in [1.29, 1.82) is 0 Å². The number of halogens is 2. The standard InChI is InChI=1S/C30H41O.C22H25.C11H24OSi.2ClH.Zr/c1-22-21-24-13-12-15-27(23-16-18-25(19-17-23)29(2,3)4)28(24)26(22)14-10-8-9-11-20-31-30(5,6)7;1-15(2)18-13-17-7-6-8-20(21(17)14-18)16-9-11-19(12-10-16)22(3,4)5;1-11(2,3)12-9-7-5-6-8-10-13-4;;;/h12-13,15-19,21H,8-11,14,20H2,1-7H3;6-15H,1-5H3;5-10H2,1-4H3;2*1H;/q2*-1;;;;+2/p-2. The number of ether oxygens (including phenoxy) is 2. The molecule has 6 aromatic rings. The molecule has 0 atom stereocenters. The van der Waals surface area contributed by atoms with Crippen molar-refractivity contribution in [3.8, 4) is 22.3 Å². The van der Waals surface area contributed by atoms with Crippen LogP contribution in [0.5, 0.6) is 0 Å². The third-order valence-electron chi connectivity index (χ3n) is 12.6. The normalized spacial score (nSPS) is 12.0. The smallest absolute Gasteiger partial charge is 0.0598 e. The van der Waals surface area contributed by atoms with Crippen molar-refractivity contribution in [3.63, 3.8) is 0 Å². The monoisotopic (exact) mass is 1070 g/mol. The number of hydrogen-bond donors (Lipinski definition) is 0. The second-order valence-electron chi connectivity index (χ2n) is 23.5. The van der Waals surface area contributed by atoms with Gasteiger partial charge in [0.05, 0.1) is 5.60 Å². The van der Waals surface area contributed by atoms with Gasteiger partial charge in [0.2, 0.25) is 0 Å². The van der Waals surface area contributed by atoms with E-state index in [1.54, 1.807) is 23.3 Å². The van der Waals surface area contributed by atoms with Gasteiger partial charge >= 0.3 is 105 Å². The summed E-state index contributed by atoms with van der Waals surface area (Å²) in [5, 5.41) is 5.55. The average Bonchev–Trinajstić information content (AvgIpc) is 3.83. The number of aryl methyl sites for hydroxylation is 2. The Labute approximate surface area is 449 Å². The van der Waals surface area contributed by atoms with Gasteiger partial charge in [-0.15, -0.1) is 74.6 Å². The van der Waals surface area contributed by atoms with E-state index in [1.807, 2.05) is 0 Å². The summed E-state index contributed by atoms with van der Waals surface area (Å²) in [4.78, 5) is 0. The molecule has 0 aliphatic carbocycles. The first-order valence-corrected chi connectivity index (χ1v) is 31.6. The zero-order chi connectivity index (χ0) is 49.6. The molecular weight excluding hydrogens is 979 g/mol. The third kappa shape index (κ3) is 21.4. The van der Waals surface area contributed by atoms with Gasteiger partial charge in [-0.2, -0.15) is 6.07 Å².